The Morgan fingerprint density at radius 1 is 1.22 bits per heavy atom. The SMILES string of the molecule is CC1CCC(N[C@H](CO)c2ccccc2)C(C)C1. The lowest BCUT2D eigenvalue weighted by Gasteiger charge is -2.35. The van der Waals surface area contributed by atoms with E-state index in [1.165, 1.54) is 24.8 Å². The van der Waals surface area contributed by atoms with Crippen LogP contribution in [0, 0.1) is 11.8 Å². The molecular weight excluding hydrogens is 222 g/mol. The number of nitrogens with one attached hydrogen (secondary N) is 1. The maximum Gasteiger partial charge on any atom is 0.0626 e. The molecule has 1 saturated carbocycles. The third kappa shape index (κ3) is 3.33. The predicted molar refractivity (Wildman–Crippen MR) is 75.4 cm³/mol. The maximum atomic E-state index is 9.59. The Labute approximate surface area is 110 Å². The van der Waals surface area contributed by atoms with E-state index in [9.17, 15) is 5.11 Å². The quantitative estimate of drug-likeness (QED) is 0.856. The highest BCUT2D eigenvalue weighted by molar-refractivity contribution is 5.19. The lowest BCUT2D eigenvalue weighted by molar-refractivity contribution is 0.177. The van der Waals surface area contributed by atoms with Gasteiger partial charge in [0.15, 0.2) is 0 Å². The number of hydrogen-bond acceptors (Lipinski definition) is 2. The highest BCUT2D eigenvalue weighted by Gasteiger charge is 2.27. The van der Waals surface area contributed by atoms with Crippen molar-refractivity contribution >= 4 is 0 Å². The molecule has 1 aromatic rings. The number of benzene rings is 1. The van der Waals surface area contributed by atoms with Crippen molar-refractivity contribution in [2.75, 3.05) is 6.61 Å². The molecule has 2 heteroatoms. The Bertz CT molecular complexity index is 351. The molecule has 1 fully saturated rings. The Balaban J connectivity index is 1.98. The first-order valence-electron chi connectivity index (χ1n) is 7.12. The minimum absolute atomic E-state index is 0.0760. The van der Waals surface area contributed by atoms with Gasteiger partial charge < -0.3 is 10.4 Å². The molecular formula is C16H25NO. The topological polar surface area (TPSA) is 32.3 Å². The van der Waals surface area contributed by atoms with Gasteiger partial charge in [0.2, 0.25) is 0 Å². The molecule has 0 spiro atoms. The van der Waals surface area contributed by atoms with Gasteiger partial charge in [0.05, 0.1) is 12.6 Å². The van der Waals surface area contributed by atoms with Crippen molar-refractivity contribution in [3.63, 3.8) is 0 Å². The monoisotopic (exact) mass is 247 g/mol. The van der Waals surface area contributed by atoms with Crippen LogP contribution in [-0.4, -0.2) is 17.8 Å². The molecule has 3 unspecified atom stereocenters. The zero-order valence-electron chi connectivity index (χ0n) is 11.5. The van der Waals surface area contributed by atoms with Crippen molar-refractivity contribution in [1.82, 2.24) is 5.32 Å². The second-order valence-corrected chi connectivity index (χ2v) is 5.81. The van der Waals surface area contributed by atoms with E-state index in [1.807, 2.05) is 18.2 Å². The summed E-state index contributed by atoms with van der Waals surface area (Å²) in [4.78, 5) is 0. The van der Waals surface area contributed by atoms with Gasteiger partial charge in [-0.25, -0.2) is 0 Å². The van der Waals surface area contributed by atoms with Crippen LogP contribution in [0.2, 0.25) is 0 Å². The van der Waals surface area contributed by atoms with E-state index >= 15 is 0 Å². The van der Waals surface area contributed by atoms with Gasteiger partial charge in [0.25, 0.3) is 0 Å². The summed E-state index contributed by atoms with van der Waals surface area (Å²) >= 11 is 0. The van der Waals surface area contributed by atoms with Crippen LogP contribution in [0.5, 0.6) is 0 Å². The number of hydrogen-bond donors (Lipinski definition) is 2. The largest absolute Gasteiger partial charge is 0.394 e. The molecule has 4 atom stereocenters. The van der Waals surface area contributed by atoms with Crippen molar-refractivity contribution in [3.8, 4) is 0 Å². The van der Waals surface area contributed by atoms with Crippen molar-refractivity contribution < 1.29 is 5.11 Å². The number of aliphatic hydroxyl groups excluding tert-OH is 1. The Hall–Kier alpha value is -0.860. The molecule has 0 saturated heterocycles. The third-order valence-electron chi connectivity index (χ3n) is 4.23. The Kier molecular flexibility index (Phi) is 4.79. The maximum absolute atomic E-state index is 9.59. The van der Waals surface area contributed by atoms with Crippen LogP contribution in [0.15, 0.2) is 30.3 Å². The number of rotatable bonds is 4. The molecule has 2 N–H and O–H groups in total. The molecule has 0 aliphatic heterocycles. The molecule has 1 aliphatic rings. The summed E-state index contributed by atoms with van der Waals surface area (Å²) in [6.45, 7) is 4.84. The molecule has 100 valence electrons. The smallest absolute Gasteiger partial charge is 0.0626 e. The van der Waals surface area contributed by atoms with Crippen LogP contribution < -0.4 is 5.32 Å². The summed E-state index contributed by atoms with van der Waals surface area (Å²) in [5, 5.41) is 13.2. The fraction of sp³-hybridized carbons (Fsp3) is 0.625. The molecule has 1 aliphatic carbocycles. The predicted octanol–water partition coefficient (Wildman–Crippen LogP) is 3.13. The van der Waals surface area contributed by atoms with Gasteiger partial charge >= 0.3 is 0 Å². The van der Waals surface area contributed by atoms with Crippen LogP contribution in [-0.2, 0) is 0 Å². The Morgan fingerprint density at radius 2 is 1.94 bits per heavy atom. The van der Waals surface area contributed by atoms with Crippen LogP contribution in [0.25, 0.3) is 0 Å². The van der Waals surface area contributed by atoms with E-state index in [4.69, 9.17) is 0 Å². The zero-order chi connectivity index (χ0) is 13.0. The van der Waals surface area contributed by atoms with Crippen molar-refractivity contribution in [1.29, 1.82) is 0 Å². The van der Waals surface area contributed by atoms with E-state index in [0.717, 1.165) is 5.92 Å². The standard InChI is InChI=1S/C16H25NO/c1-12-8-9-15(13(2)10-12)17-16(11-18)14-6-4-3-5-7-14/h3-7,12-13,15-18H,8-11H2,1-2H3/t12?,13?,15?,16-/m1/s1. The Morgan fingerprint density at radius 3 is 2.56 bits per heavy atom. The second-order valence-electron chi connectivity index (χ2n) is 5.81. The fourth-order valence-electron chi connectivity index (χ4n) is 3.11. The van der Waals surface area contributed by atoms with Crippen LogP contribution in [0.3, 0.4) is 0 Å². The molecule has 2 rings (SSSR count). The first-order valence-corrected chi connectivity index (χ1v) is 7.12. The van der Waals surface area contributed by atoms with Gasteiger partial charge in [-0.2, -0.15) is 0 Å². The van der Waals surface area contributed by atoms with Crippen molar-refractivity contribution in [2.24, 2.45) is 11.8 Å². The molecule has 0 bridgehead atoms. The minimum Gasteiger partial charge on any atom is -0.394 e. The summed E-state index contributed by atoms with van der Waals surface area (Å²) in [6.07, 6.45) is 3.82. The fourth-order valence-corrected chi connectivity index (χ4v) is 3.11. The summed E-state index contributed by atoms with van der Waals surface area (Å²) in [5.41, 5.74) is 1.19. The molecule has 0 radical (unpaired) electrons. The van der Waals surface area contributed by atoms with Crippen molar-refractivity contribution in [2.45, 2.75) is 45.2 Å². The molecule has 0 heterocycles. The van der Waals surface area contributed by atoms with E-state index in [2.05, 4.69) is 31.3 Å². The molecule has 0 aromatic heterocycles. The molecule has 1 aromatic carbocycles. The van der Waals surface area contributed by atoms with Gasteiger partial charge in [-0.05, 0) is 36.7 Å². The number of aliphatic hydroxyl groups is 1. The zero-order valence-corrected chi connectivity index (χ0v) is 11.5. The molecule has 0 amide bonds. The third-order valence-corrected chi connectivity index (χ3v) is 4.23. The molecule has 18 heavy (non-hydrogen) atoms. The average Bonchev–Trinajstić information content (AvgIpc) is 2.39. The first-order chi connectivity index (χ1) is 8.70. The van der Waals surface area contributed by atoms with E-state index in [1.54, 1.807) is 0 Å². The van der Waals surface area contributed by atoms with Gasteiger partial charge in [0.1, 0.15) is 0 Å². The van der Waals surface area contributed by atoms with Crippen LogP contribution in [0.4, 0.5) is 0 Å². The summed E-state index contributed by atoms with van der Waals surface area (Å²) in [6, 6.07) is 10.9. The van der Waals surface area contributed by atoms with Gasteiger partial charge in [-0.15, -0.1) is 0 Å². The van der Waals surface area contributed by atoms with Gasteiger partial charge in [-0.1, -0.05) is 44.2 Å². The minimum atomic E-state index is 0.0760. The first kappa shape index (κ1) is 13.6. The lowest BCUT2D eigenvalue weighted by Crippen LogP contribution is -2.42. The normalized spacial score (nSPS) is 30.1. The average molecular weight is 247 g/mol. The summed E-state index contributed by atoms with van der Waals surface area (Å²) in [5.74, 6) is 1.55. The van der Waals surface area contributed by atoms with Crippen LogP contribution >= 0.6 is 0 Å². The highest BCUT2D eigenvalue weighted by atomic mass is 16.3. The van der Waals surface area contributed by atoms with Gasteiger partial charge in [-0.3, -0.25) is 0 Å². The second kappa shape index (κ2) is 6.35. The highest BCUT2D eigenvalue weighted by Crippen LogP contribution is 2.30. The van der Waals surface area contributed by atoms with E-state index in [0.29, 0.717) is 12.0 Å². The van der Waals surface area contributed by atoms with Crippen LogP contribution in [0.1, 0.15) is 44.7 Å². The summed E-state index contributed by atoms with van der Waals surface area (Å²) in [7, 11) is 0. The van der Waals surface area contributed by atoms with E-state index < -0.39 is 0 Å². The summed E-state index contributed by atoms with van der Waals surface area (Å²) < 4.78 is 0. The van der Waals surface area contributed by atoms with E-state index in [-0.39, 0.29) is 12.6 Å². The lowest BCUT2D eigenvalue weighted by atomic mass is 9.79. The van der Waals surface area contributed by atoms with Crippen molar-refractivity contribution in [3.05, 3.63) is 35.9 Å². The molecule has 2 nitrogen and oxygen atoms in total. The van der Waals surface area contributed by atoms with Gasteiger partial charge in [0, 0.05) is 6.04 Å².